The van der Waals surface area contributed by atoms with Gasteiger partial charge in [-0.2, -0.15) is 5.26 Å². The number of nitriles is 1. The van der Waals surface area contributed by atoms with Crippen molar-refractivity contribution in [2.45, 2.75) is 12.5 Å². The molecule has 0 saturated heterocycles. The van der Waals surface area contributed by atoms with Gasteiger partial charge in [-0.1, -0.05) is 30.3 Å². The molecule has 1 aliphatic heterocycles. The molecule has 0 radical (unpaired) electrons. The first-order valence-corrected chi connectivity index (χ1v) is 9.77. The van der Waals surface area contributed by atoms with Gasteiger partial charge in [-0.05, 0) is 59.5 Å². The van der Waals surface area contributed by atoms with E-state index >= 15 is 0 Å². The van der Waals surface area contributed by atoms with E-state index in [-0.39, 0.29) is 11.9 Å². The Kier molecular flexibility index (Phi) is 5.40. The molecule has 1 unspecified atom stereocenters. The number of ether oxygens (including phenoxy) is 2. The monoisotopic (exact) mass is 398 g/mol. The third kappa shape index (κ3) is 3.48. The summed E-state index contributed by atoms with van der Waals surface area (Å²) in [5.41, 5.74) is 4.32. The van der Waals surface area contributed by atoms with Crippen molar-refractivity contribution in [1.82, 2.24) is 4.90 Å². The van der Waals surface area contributed by atoms with Crippen LogP contribution < -0.4 is 9.47 Å². The number of hydrogen-bond acceptors (Lipinski definition) is 4. The van der Waals surface area contributed by atoms with Crippen LogP contribution in [0.25, 0.3) is 0 Å². The first-order valence-electron chi connectivity index (χ1n) is 9.77. The van der Waals surface area contributed by atoms with E-state index in [1.54, 1.807) is 38.5 Å². The lowest BCUT2D eigenvalue weighted by atomic mass is 9.87. The second-order valence-electron chi connectivity index (χ2n) is 7.16. The summed E-state index contributed by atoms with van der Waals surface area (Å²) >= 11 is 0. The molecule has 0 aromatic heterocycles. The Morgan fingerprint density at radius 3 is 2.30 bits per heavy atom. The minimum Gasteiger partial charge on any atom is -0.493 e. The molecule has 1 heterocycles. The number of methoxy groups -OCH3 is 2. The van der Waals surface area contributed by atoms with E-state index < -0.39 is 0 Å². The minimum atomic E-state index is -0.238. The predicted molar refractivity (Wildman–Crippen MR) is 114 cm³/mol. The van der Waals surface area contributed by atoms with Crippen molar-refractivity contribution in [3.05, 3.63) is 94.5 Å². The van der Waals surface area contributed by atoms with Gasteiger partial charge in [0.15, 0.2) is 11.5 Å². The molecule has 0 bridgehead atoms. The Morgan fingerprint density at radius 2 is 1.67 bits per heavy atom. The van der Waals surface area contributed by atoms with E-state index in [4.69, 9.17) is 14.7 Å². The Balaban J connectivity index is 1.81. The topological polar surface area (TPSA) is 62.6 Å². The molecule has 5 nitrogen and oxygen atoms in total. The maximum Gasteiger partial charge on any atom is 0.254 e. The second-order valence-corrected chi connectivity index (χ2v) is 7.16. The molecule has 1 amide bonds. The summed E-state index contributed by atoms with van der Waals surface area (Å²) in [6, 6.07) is 22.6. The molecule has 1 aliphatic rings. The quantitative estimate of drug-likeness (QED) is 0.655. The van der Waals surface area contributed by atoms with Crippen molar-refractivity contribution in [2.24, 2.45) is 0 Å². The highest BCUT2D eigenvalue weighted by Gasteiger charge is 2.33. The number of rotatable bonds is 4. The van der Waals surface area contributed by atoms with Gasteiger partial charge < -0.3 is 14.4 Å². The fraction of sp³-hybridized carbons (Fsp3) is 0.200. The summed E-state index contributed by atoms with van der Waals surface area (Å²) in [5.74, 6) is 1.27. The maximum atomic E-state index is 13.5. The Labute approximate surface area is 176 Å². The lowest BCUT2D eigenvalue weighted by Crippen LogP contribution is -2.40. The van der Waals surface area contributed by atoms with Gasteiger partial charge in [-0.15, -0.1) is 0 Å². The molecule has 5 heteroatoms. The molecule has 30 heavy (non-hydrogen) atoms. The Hall–Kier alpha value is -3.78. The summed E-state index contributed by atoms with van der Waals surface area (Å²) in [5, 5.41) is 9.04. The van der Waals surface area contributed by atoms with Crippen LogP contribution in [-0.2, 0) is 6.42 Å². The number of amides is 1. The van der Waals surface area contributed by atoms with Crippen LogP contribution in [0.4, 0.5) is 0 Å². The molecule has 0 N–H and O–H groups in total. The highest BCUT2D eigenvalue weighted by molar-refractivity contribution is 5.95. The van der Waals surface area contributed by atoms with Crippen LogP contribution in [0, 0.1) is 11.3 Å². The highest BCUT2D eigenvalue weighted by atomic mass is 16.5. The SMILES string of the molecule is COc1cc2c(cc1OC)C(c1ccccc1)N(C(=O)c1ccc(C#N)cc1)CC2. The van der Waals surface area contributed by atoms with Crippen LogP contribution in [0.3, 0.4) is 0 Å². The first-order chi connectivity index (χ1) is 14.7. The van der Waals surface area contributed by atoms with E-state index in [1.807, 2.05) is 47.4 Å². The number of carbonyl (C=O) groups excluding carboxylic acids is 1. The second kappa shape index (κ2) is 8.30. The van der Waals surface area contributed by atoms with Crippen LogP contribution >= 0.6 is 0 Å². The van der Waals surface area contributed by atoms with Crippen LogP contribution in [0.5, 0.6) is 11.5 Å². The van der Waals surface area contributed by atoms with Crippen LogP contribution in [0.15, 0.2) is 66.7 Å². The first kappa shape index (κ1) is 19.5. The van der Waals surface area contributed by atoms with Crippen molar-refractivity contribution in [2.75, 3.05) is 20.8 Å². The Morgan fingerprint density at radius 1 is 1.00 bits per heavy atom. The molecular weight excluding hydrogens is 376 g/mol. The largest absolute Gasteiger partial charge is 0.493 e. The molecule has 1 atom stereocenters. The van der Waals surface area contributed by atoms with E-state index in [1.165, 1.54) is 0 Å². The summed E-state index contributed by atoms with van der Waals surface area (Å²) in [4.78, 5) is 15.4. The maximum absolute atomic E-state index is 13.5. The molecule has 0 aliphatic carbocycles. The van der Waals surface area contributed by atoms with Crippen LogP contribution in [-0.4, -0.2) is 31.6 Å². The van der Waals surface area contributed by atoms with Crippen molar-refractivity contribution < 1.29 is 14.3 Å². The number of benzene rings is 3. The van der Waals surface area contributed by atoms with Gasteiger partial charge in [0.25, 0.3) is 5.91 Å². The molecule has 3 aromatic carbocycles. The van der Waals surface area contributed by atoms with Gasteiger partial charge in [0.05, 0.1) is 31.9 Å². The van der Waals surface area contributed by atoms with Crippen LogP contribution in [0.2, 0.25) is 0 Å². The summed E-state index contributed by atoms with van der Waals surface area (Å²) < 4.78 is 11.0. The number of fused-ring (bicyclic) bond motifs is 1. The summed E-state index contributed by atoms with van der Waals surface area (Å²) in [6.07, 6.45) is 0.723. The standard InChI is InChI=1S/C25H22N2O3/c1-29-22-14-20-12-13-27(25(28)19-10-8-17(16-26)9-11-19)24(18-6-4-3-5-7-18)21(20)15-23(22)30-2/h3-11,14-15,24H,12-13H2,1-2H3. The van der Waals surface area contributed by atoms with Crippen molar-refractivity contribution in [1.29, 1.82) is 5.26 Å². The van der Waals surface area contributed by atoms with E-state index in [0.29, 0.717) is 29.2 Å². The smallest absolute Gasteiger partial charge is 0.254 e. The zero-order chi connectivity index (χ0) is 21.1. The Bertz CT molecular complexity index is 1100. The number of hydrogen-bond donors (Lipinski definition) is 0. The molecule has 0 spiro atoms. The van der Waals surface area contributed by atoms with Crippen molar-refractivity contribution >= 4 is 5.91 Å². The minimum absolute atomic E-state index is 0.0613. The fourth-order valence-corrected chi connectivity index (χ4v) is 4.01. The molecule has 3 aromatic rings. The predicted octanol–water partition coefficient (Wildman–Crippen LogP) is 4.36. The van der Waals surface area contributed by atoms with Gasteiger partial charge >= 0.3 is 0 Å². The van der Waals surface area contributed by atoms with Gasteiger partial charge in [0.2, 0.25) is 0 Å². The normalized spacial score (nSPS) is 15.1. The third-order valence-electron chi connectivity index (χ3n) is 5.51. The molecule has 150 valence electrons. The summed E-state index contributed by atoms with van der Waals surface area (Å²) in [6.45, 7) is 0.584. The molecule has 0 saturated carbocycles. The average Bonchev–Trinajstić information content (AvgIpc) is 2.82. The van der Waals surface area contributed by atoms with Crippen molar-refractivity contribution in [3.8, 4) is 17.6 Å². The lowest BCUT2D eigenvalue weighted by Gasteiger charge is -2.38. The van der Waals surface area contributed by atoms with E-state index in [9.17, 15) is 4.79 Å². The highest BCUT2D eigenvalue weighted by Crippen LogP contribution is 2.41. The third-order valence-corrected chi connectivity index (χ3v) is 5.51. The lowest BCUT2D eigenvalue weighted by molar-refractivity contribution is 0.0694. The van der Waals surface area contributed by atoms with Gasteiger partial charge in [0.1, 0.15) is 0 Å². The van der Waals surface area contributed by atoms with Crippen molar-refractivity contribution in [3.63, 3.8) is 0 Å². The number of nitrogens with zero attached hydrogens (tertiary/aromatic N) is 2. The zero-order valence-corrected chi connectivity index (χ0v) is 17.0. The van der Waals surface area contributed by atoms with E-state index in [0.717, 1.165) is 23.1 Å². The summed E-state index contributed by atoms with van der Waals surface area (Å²) in [7, 11) is 3.24. The zero-order valence-electron chi connectivity index (χ0n) is 17.0. The van der Waals surface area contributed by atoms with Gasteiger partial charge in [0, 0.05) is 12.1 Å². The molecular formula is C25H22N2O3. The van der Waals surface area contributed by atoms with Crippen LogP contribution in [0.1, 0.15) is 38.7 Å². The van der Waals surface area contributed by atoms with E-state index in [2.05, 4.69) is 6.07 Å². The average molecular weight is 398 g/mol. The van der Waals surface area contributed by atoms with Gasteiger partial charge in [-0.25, -0.2) is 0 Å². The molecule has 0 fully saturated rings. The molecule has 4 rings (SSSR count). The van der Waals surface area contributed by atoms with Gasteiger partial charge in [-0.3, -0.25) is 4.79 Å². The number of carbonyl (C=O) groups is 1. The fourth-order valence-electron chi connectivity index (χ4n) is 4.01.